The second kappa shape index (κ2) is 8.92. The van der Waals surface area contributed by atoms with Gasteiger partial charge >= 0.3 is 0 Å². The number of rotatable bonds is 6. The Morgan fingerprint density at radius 2 is 1.67 bits per heavy atom. The fourth-order valence-corrected chi connectivity index (χ4v) is 4.58. The van der Waals surface area contributed by atoms with Gasteiger partial charge in [0, 0.05) is 38.6 Å². The van der Waals surface area contributed by atoms with Gasteiger partial charge in [-0.25, -0.2) is 4.98 Å². The molecule has 152 valence electrons. The van der Waals surface area contributed by atoms with Crippen molar-refractivity contribution in [3.8, 4) is 11.1 Å². The van der Waals surface area contributed by atoms with Crippen molar-refractivity contribution in [3.05, 3.63) is 78.1 Å². The summed E-state index contributed by atoms with van der Waals surface area (Å²) in [6, 6.07) is 19.3. The number of benzene rings is 2. The van der Waals surface area contributed by atoms with Crippen LogP contribution in [0.3, 0.4) is 0 Å². The van der Waals surface area contributed by atoms with Gasteiger partial charge in [0.05, 0.1) is 23.4 Å². The summed E-state index contributed by atoms with van der Waals surface area (Å²) in [6.45, 7) is 5.49. The molecule has 5 rings (SSSR count). The number of pyridine rings is 1. The van der Waals surface area contributed by atoms with Gasteiger partial charge in [0.25, 0.3) is 0 Å². The van der Waals surface area contributed by atoms with E-state index in [2.05, 4.69) is 57.7 Å². The van der Waals surface area contributed by atoms with Crippen LogP contribution in [0, 0.1) is 0 Å². The second-order valence-corrected chi connectivity index (χ2v) is 8.53. The fraction of sp³-hybridized carbons (Fsp3) is 0.250. The number of hydrogen-bond donors (Lipinski definition) is 1. The summed E-state index contributed by atoms with van der Waals surface area (Å²) in [6.07, 6.45) is 3.65. The van der Waals surface area contributed by atoms with Crippen LogP contribution in [0.4, 0.5) is 5.13 Å². The third-order valence-corrected chi connectivity index (χ3v) is 6.35. The molecule has 0 amide bonds. The monoisotopic (exact) mass is 416 g/mol. The van der Waals surface area contributed by atoms with Crippen molar-refractivity contribution in [1.82, 2.24) is 14.9 Å². The van der Waals surface area contributed by atoms with Gasteiger partial charge in [-0.2, -0.15) is 0 Å². The lowest BCUT2D eigenvalue weighted by atomic mass is 10.1. The molecular formula is C24H24N4OS. The van der Waals surface area contributed by atoms with E-state index in [0.29, 0.717) is 0 Å². The SMILES string of the molecule is c1cc(-c2ccc3nc(NCc4ccc(CN5CCOCC5)cc4)sc3c2)ccn1. The molecule has 0 atom stereocenters. The normalized spacial score (nSPS) is 14.8. The van der Waals surface area contributed by atoms with Crippen molar-refractivity contribution in [2.75, 3.05) is 31.6 Å². The Kier molecular flexibility index (Phi) is 5.70. The van der Waals surface area contributed by atoms with E-state index in [0.717, 1.165) is 50.0 Å². The zero-order chi connectivity index (χ0) is 20.2. The van der Waals surface area contributed by atoms with E-state index in [-0.39, 0.29) is 0 Å². The molecular weight excluding hydrogens is 392 g/mol. The number of nitrogens with zero attached hydrogens (tertiary/aromatic N) is 3. The van der Waals surface area contributed by atoms with Gasteiger partial charge in [0.2, 0.25) is 0 Å². The second-order valence-electron chi connectivity index (χ2n) is 7.50. The van der Waals surface area contributed by atoms with Crippen LogP contribution in [0.1, 0.15) is 11.1 Å². The van der Waals surface area contributed by atoms with Gasteiger partial charge in [-0.05, 0) is 46.5 Å². The Hall–Kier alpha value is -2.80. The topological polar surface area (TPSA) is 50.3 Å². The molecule has 0 saturated carbocycles. The summed E-state index contributed by atoms with van der Waals surface area (Å²) in [5.74, 6) is 0. The van der Waals surface area contributed by atoms with E-state index >= 15 is 0 Å². The maximum Gasteiger partial charge on any atom is 0.184 e. The number of hydrogen-bond acceptors (Lipinski definition) is 6. The minimum absolute atomic E-state index is 0.773. The maximum absolute atomic E-state index is 5.42. The van der Waals surface area contributed by atoms with Crippen molar-refractivity contribution >= 4 is 26.7 Å². The number of aromatic nitrogens is 2. The quantitative estimate of drug-likeness (QED) is 0.489. The standard InChI is InChI=1S/C24H24N4OS/c1-3-19(17-28-11-13-29-14-12-28)4-2-18(1)16-26-24-27-22-6-5-21(15-23(22)30-24)20-7-9-25-10-8-20/h1-10,15H,11-14,16-17H2,(H,26,27). The molecule has 5 nitrogen and oxygen atoms in total. The highest BCUT2D eigenvalue weighted by molar-refractivity contribution is 7.22. The number of thiazole rings is 1. The summed E-state index contributed by atoms with van der Waals surface area (Å²) in [7, 11) is 0. The number of fused-ring (bicyclic) bond motifs is 1. The first-order valence-corrected chi connectivity index (χ1v) is 11.1. The molecule has 0 spiro atoms. The highest BCUT2D eigenvalue weighted by Gasteiger charge is 2.10. The van der Waals surface area contributed by atoms with E-state index in [1.54, 1.807) is 11.3 Å². The van der Waals surface area contributed by atoms with Crippen LogP contribution in [0.15, 0.2) is 67.0 Å². The minimum Gasteiger partial charge on any atom is -0.379 e. The highest BCUT2D eigenvalue weighted by Crippen LogP contribution is 2.30. The first-order valence-electron chi connectivity index (χ1n) is 10.3. The Labute approximate surface area is 180 Å². The molecule has 30 heavy (non-hydrogen) atoms. The van der Waals surface area contributed by atoms with Gasteiger partial charge in [0.15, 0.2) is 5.13 Å². The van der Waals surface area contributed by atoms with Crippen molar-refractivity contribution in [2.24, 2.45) is 0 Å². The van der Waals surface area contributed by atoms with Crippen LogP contribution in [0.2, 0.25) is 0 Å². The third kappa shape index (κ3) is 4.51. The van der Waals surface area contributed by atoms with E-state index in [9.17, 15) is 0 Å². The molecule has 0 unspecified atom stereocenters. The molecule has 6 heteroatoms. The smallest absolute Gasteiger partial charge is 0.184 e. The average Bonchev–Trinajstić information content (AvgIpc) is 3.22. The van der Waals surface area contributed by atoms with E-state index < -0.39 is 0 Å². The summed E-state index contributed by atoms with van der Waals surface area (Å²) in [4.78, 5) is 11.3. The first kappa shape index (κ1) is 19.2. The van der Waals surface area contributed by atoms with E-state index in [1.807, 2.05) is 24.5 Å². The number of ether oxygens (including phenoxy) is 1. The molecule has 1 N–H and O–H groups in total. The molecule has 0 radical (unpaired) electrons. The molecule has 1 aliphatic heterocycles. The molecule has 2 aromatic heterocycles. The molecule has 3 heterocycles. The van der Waals surface area contributed by atoms with Crippen LogP contribution in [0.5, 0.6) is 0 Å². The predicted octanol–water partition coefficient (Wildman–Crippen LogP) is 4.80. The predicted molar refractivity (Wildman–Crippen MR) is 123 cm³/mol. The molecule has 1 aliphatic rings. The lowest BCUT2D eigenvalue weighted by Gasteiger charge is -2.26. The molecule has 0 aliphatic carbocycles. The number of morpholine rings is 1. The van der Waals surface area contributed by atoms with Crippen LogP contribution < -0.4 is 5.32 Å². The molecule has 4 aromatic rings. The lowest BCUT2D eigenvalue weighted by molar-refractivity contribution is 0.0342. The van der Waals surface area contributed by atoms with Crippen molar-refractivity contribution < 1.29 is 4.74 Å². The van der Waals surface area contributed by atoms with Crippen LogP contribution in [0.25, 0.3) is 21.3 Å². The summed E-state index contributed by atoms with van der Waals surface area (Å²) < 4.78 is 6.61. The lowest BCUT2D eigenvalue weighted by Crippen LogP contribution is -2.35. The van der Waals surface area contributed by atoms with Crippen molar-refractivity contribution in [2.45, 2.75) is 13.1 Å². The number of nitrogens with one attached hydrogen (secondary N) is 1. The zero-order valence-electron chi connectivity index (χ0n) is 16.8. The summed E-state index contributed by atoms with van der Waals surface area (Å²) in [5.41, 5.74) is 6.01. The first-order chi connectivity index (χ1) is 14.8. The van der Waals surface area contributed by atoms with Gasteiger partial charge in [-0.15, -0.1) is 0 Å². The van der Waals surface area contributed by atoms with Gasteiger partial charge < -0.3 is 10.1 Å². The zero-order valence-corrected chi connectivity index (χ0v) is 17.6. The van der Waals surface area contributed by atoms with Crippen LogP contribution in [-0.4, -0.2) is 41.2 Å². The van der Waals surface area contributed by atoms with Gasteiger partial charge in [-0.3, -0.25) is 9.88 Å². The fourth-order valence-electron chi connectivity index (χ4n) is 3.68. The minimum atomic E-state index is 0.773. The van der Waals surface area contributed by atoms with Crippen LogP contribution in [-0.2, 0) is 17.8 Å². The van der Waals surface area contributed by atoms with Crippen molar-refractivity contribution in [1.29, 1.82) is 0 Å². The highest BCUT2D eigenvalue weighted by atomic mass is 32.1. The average molecular weight is 417 g/mol. The molecule has 2 aromatic carbocycles. The Bertz CT molecular complexity index is 1110. The van der Waals surface area contributed by atoms with Gasteiger partial charge in [-0.1, -0.05) is 41.7 Å². The third-order valence-electron chi connectivity index (χ3n) is 5.38. The number of anilines is 1. The molecule has 1 saturated heterocycles. The van der Waals surface area contributed by atoms with E-state index in [1.165, 1.54) is 27.0 Å². The molecule has 0 bridgehead atoms. The largest absolute Gasteiger partial charge is 0.379 e. The van der Waals surface area contributed by atoms with Gasteiger partial charge in [0.1, 0.15) is 0 Å². The Morgan fingerprint density at radius 1 is 0.900 bits per heavy atom. The van der Waals surface area contributed by atoms with E-state index in [4.69, 9.17) is 9.72 Å². The van der Waals surface area contributed by atoms with Crippen LogP contribution >= 0.6 is 11.3 Å². The Morgan fingerprint density at radius 3 is 2.47 bits per heavy atom. The van der Waals surface area contributed by atoms with Crippen molar-refractivity contribution in [3.63, 3.8) is 0 Å². The summed E-state index contributed by atoms with van der Waals surface area (Å²) >= 11 is 1.70. The molecule has 1 fully saturated rings. The Balaban J connectivity index is 1.22. The summed E-state index contributed by atoms with van der Waals surface area (Å²) in [5, 5.41) is 4.43. The maximum atomic E-state index is 5.42.